The summed E-state index contributed by atoms with van der Waals surface area (Å²) in [6.45, 7) is 5.47. The highest BCUT2D eigenvalue weighted by atomic mass is 79.9. The lowest BCUT2D eigenvalue weighted by atomic mass is 10.1. The molecule has 102 valence electrons. The van der Waals surface area contributed by atoms with Gasteiger partial charge in [0.1, 0.15) is 5.75 Å². The second-order valence-corrected chi connectivity index (χ2v) is 5.75. The van der Waals surface area contributed by atoms with Gasteiger partial charge in [-0.05, 0) is 41.4 Å². The number of hydrogen-bond donors (Lipinski definition) is 2. The molecule has 2 N–H and O–H groups in total. The Morgan fingerprint density at radius 2 is 2.06 bits per heavy atom. The molecule has 0 spiro atoms. The van der Waals surface area contributed by atoms with Gasteiger partial charge in [-0.2, -0.15) is 0 Å². The first kappa shape index (κ1) is 16.0. The minimum atomic E-state index is 0.122. The molecule has 1 aromatic rings. The summed E-state index contributed by atoms with van der Waals surface area (Å²) >= 11 is 6.98. The first-order valence-electron chi connectivity index (χ1n) is 6.07. The smallest absolute Gasteiger partial charge is 0.138 e. The highest BCUT2D eigenvalue weighted by molar-refractivity contribution is 9.11. The van der Waals surface area contributed by atoms with Crippen LogP contribution in [0.1, 0.15) is 25.8 Å². The van der Waals surface area contributed by atoms with Crippen LogP contribution in [-0.4, -0.2) is 24.4 Å². The summed E-state index contributed by atoms with van der Waals surface area (Å²) in [5.41, 5.74) is 1.07. The summed E-state index contributed by atoms with van der Waals surface area (Å²) in [6.07, 6.45) is 0.898. The van der Waals surface area contributed by atoms with E-state index in [-0.39, 0.29) is 12.6 Å². The van der Waals surface area contributed by atoms with Gasteiger partial charge in [0.15, 0.2) is 0 Å². The quantitative estimate of drug-likeness (QED) is 0.760. The third kappa shape index (κ3) is 4.53. The van der Waals surface area contributed by atoms with E-state index in [1.165, 1.54) is 0 Å². The second-order valence-electron chi connectivity index (χ2n) is 3.98. The van der Waals surface area contributed by atoms with Crippen LogP contribution in [0.2, 0.25) is 0 Å². The molecule has 1 aromatic carbocycles. The van der Waals surface area contributed by atoms with Crippen LogP contribution in [0.4, 0.5) is 0 Å². The van der Waals surface area contributed by atoms with Gasteiger partial charge in [0.25, 0.3) is 0 Å². The van der Waals surface area contributed by atoms with E-state index in [9.17, 15) is 5.11 Å². The highest BCUT2D eigenvalue weighted by Gasteiger charge is 2.11. The van der Waals surface area contributed by atoms with Crippen molar-refractivity contribution in [1.29, 1.82) is 0 Å². The molecule has 5 heteroatoms. The van der Waals surface area contributed by atoms with E-state index < -0.39 is 0 Å². The highest BCUT2D eigenvalue weighted by Crippen LogP contribution is 2.33. The van der Waals surface area contributed by atoms with Crippen LogP contribution in [0.15, 0.2) is 21.1 Å². The van der Waals surface area contributed by atoms with E-state index in [0.717, 1.165) is 26.7 Å². The number of benzene rings is 1. The maximum Gasteiger partial charge on any atom is 0.138 e. The number of ether oxygens (including phenoxy) is 1. The zero-order chi connectivity index (χ0) is 13.5. The Hall–Kier alpha value is -0.100. The maximum absolute atomic E-state index is 9.17. The van der Waals surface area contributed by atoms with Gasteiger partial charge in [-0.3, -0.25) is 0 Å². The first-order valence-corrected chi connectivity index (χ1v) is 7.65. The largest absolute Gasteiger partial charge is 0.492 e. The third-order valence-electron chi connectivity index (χ3n) is 2.67. The molecule has 0 aliphatic carbocycles. The molecule has 0 amide bonds. The Kier molecular flexibility index (Phi) is 7.22. The lowest BCUT2D eigenvalue weighted by Gasteiger charge is -2.17. The molecule has 1 rings (SSSR count). The average Bonchev–Trinajstić information content (AvgIpc) is 2.34. The predicted molar refractivity (Wildman–Crippen MR) is 81.0 cm³/mol. The Labute approximate surface area is 125 Å². The van der Waals surface area contributed by atoms with E-state index in [1.807, 2.05) is 26.0 Å². The van der Waals surface area contributed by atoms with Crippen LogP contribution in [0.3, 0.4) is 0 Å². The minimum Gasteiger partial charge on any atom is -0.492 e. The van der Waals surface area contributed by atoms with Crippen molar-refractivity contribution in [2.45, 2.75) is 32.9 Å². The molecule has 0 heterocycles. The van der Waals surface area contributed by atoms with Crippen LogP contribution in [-0.2, 0) is 6.54 Å². The van der Waals surface area contributed by atoms with Gasteiger partial charge in [0.2, 0.25) is 0 Å². The molecular weight excluding hydrogens is 362 g/mol. The molecular formula is C13H19Br2NO2. The van der Waals surface area contributed by atoms with Crippen molar-refractivity contribution < 1.29 is 9.84 Å². The molecule has 0 saturated heterocycles. The molecule has 0 aliphatic heterocycles. The van der Waals surface area contributed by atoms with Gasteiger partial charge in [-0.1, -0.05) is 22.9 Å². The molecule has 0 aliphatic rings. The van der Waals surface area contributed by atoms with E-state index in [4.69, 9.17) is 4.74 Å². The van der Waals surface area contributed by atoms with Crippen molar-refractivity contribution in [3.63, 3.8) is 0 Å². The standard InChI is InChI=1S/C13H19Br2NO2/c1-3-11(8-17)16-7-9-5-10(14)6-12(15)13(9)18-4-2/h5-6,11,16-17H,3-4,7-8H2,1-2H3/t11-/m1/s1. The number of halogens is 2. The molecule has 18 heavy (non-hydrogen) atoms. The predicted octanol–water partition coefficient (Wildman–Crippen LogP) is 3.47. The van der Waals surface area contributed by atoms with Crippen LogP contribution < -0.4 is 10.1 Å². The Morgan fingerprint density at radius 3 is 2.61 bits per heavy atom. The van der Waals surface area contributed by atoms with Gasteiger partial charge in [0, 0.05) is 22.6 Å². The summed E-state index contributed by atoms with van der Waals surface area (Å²) in [7, 11) is 0. The Balaban J connectivity index is 2.85. The van der Waals surface area contributed by atoms with Crippen LogP contribution >= 0.6 is 31.9 Å². The summed E-state index contributed by atoms with van der Waals surface area (Å²) in [6, 6.07) is 4.13. The van der Waals surface area contributed by atoms with E-state index >= 15 is 0 Å². The Bertz CT molecular complexity index is 381. The average molecular weight is 381 g/mol. The summed E-state index contributed by atoms with van der Waals surface area (Å²) in [5.74, 6) is 0.862. The Morgan fingerprint density at radius 1 is 1.33 bits per heavy atom. The fraction of sp³-hybridized carbons (Fsp3) is 0.538. The van der Waals surface area contributed by atoms with Crippen molar-refractivity contribution in [1.82, 2.24) is 5.32 Å². The normalized spacial score (nSPS) is 12.5. The molecule has 1 atom stereocenters. The van der Waals surface area contributed by atoms with Crippen molar-refractivity contribution in [3.8, 4) is 5.75 Å². The lowest BCUT2D eigenvalue weighted by Crippen LogP contribution is -2.31. The molecule has 0 fully saturated rings. The zero-order valence-electron chi connectivity index (χ0n) is 10.7. The van der Waals surface area contributed by atoms with Gasteiger partial charge < -0.3 is 15.2 Å². The molecule has 0 bridgehead atoms. The van der Waals surface area contributed by atoms with Gasteiger partial charge in [0.05, 0.1) is 17.7 Å². The van der Waals surface area contributed by atoms with Crippen molar-refractivity contribution in [2.75, 3.05) is 13.2 Å². The van der Waals surface area contributed by atoms with Crippen LogP contribution in [0.5, 0.6) is 5.75 Å². The molecule has 0 radical (unpaired) electrons. The van der Waals surface area contributed by atoms with Gasteiger partial charge >= 0.3 is 0 Å². The fourth-order valence-corrected chi connectivity index (χ4v) is 3.07. The number of nitrogens with one attached hydrogen (secondary N) is 1. The second kappa shape index (κ2) is 8.15. The monoisotopic (exact) mass is 379 g/mol. The molecule has 0 aromatic heterocycles. The molecule has 0 saturated carbocycles. The van der Waals surface area contributed by atoms with Crippen molar-refractivity contribution in [3.05, 3.63) is 26.6 Å². The fourth-order valence-electron chi connectivity index (χ4n) is 1.64. The summed E-state index contributed by atoms with van der Waals surface area (Å²) < 4.78 is 7.60. The number of aliphatic hydroxyl groups is 1. The zero-order valence-corrected chi connectivity index (χ0v) is 13.8. The number of rotatable bonds is 7. The first-order chi connectivity index (χ1) is 8.62. The minimum absolute atomic E-state index is 0.122. The van der Waals surface area contributed by atoms with Gasteiger partial charge in [-0.15, -0.1) is 0 Å². The lowest BCUT2D eigenvalue weighted by molar-refractivity contribution is 0.237. The molecule has 0 unspecified atom stereocenters. The summed E-state index contributed by atoms with van der Waals surface area (Å²) in [4.78, 5) is 0. The maximum atomic E-state index is 9.17. The SMILES string of the molecule is CCOc1c(Br)cc(Br)cc1CN[C@H](CC)CO. The van der Waals surface area contributed by atoms with E-state index in [1.54, 1.807) is 0 Å². The number of aliphatic hydroxyl groups excluding tert-OH is 1. The topological polar surface area (TPSA) is 41.5 Å². The van der Waals surface area contributed by atoms with Gasteiger partial charge in [-0.25, -0.2) is 0 Å². The van der Waals surface area contributed by atoms with Crippen molar-refractivity contribution >= 4 is 31.9 Å². The van der Waals surface area contributed by atoms with E-state index in [2.05, 4.69) is 37.2 Å². The van der Waals surface area contributed by atoms with Crippen molar-refractivity contribution in [2.24, 2.45) is 0 Å². The summed E-state index contributed by atoms with van der Waals surface area (Å²) in [5, 5.41) is 12.5. The van der Waals surface area contributed by atoms with E-state index in [0.29, 0.717) is 13.2 Å². The number of hydrogen-bond acceptors (Lipinski definition) is 3. The third-order valence-corrected chi connectivity index (χ3v) is 3.72. The molecule has 3 nitrogen and oxygen atoms in total. The van der Waals surface area contributed by atoms with Crippen LogP contribution in [0, 0.1) is 0 Å². The van der Waals surface area contributed by atoms with Crippen LogP contribution in [0.25, 0.3) is 0 Å².